The van der Waals surface area contributed by atoms with Gasteiger partial charge in [-0.2, -0.15) is 5.10 Å². The number of aromatic nitrogens is 2. The quantitative estimate of drug-likeness (QED) is 0.822. The topological polar surface area (TPSA) is 50.2 Å². The number of fused-ring (bicyclic) bond motifs is 1. The second-order valence-corrected chi connectivity index (χ2v) is 8.29. The lowest BCUT2D eigenvalue weighted by Crippen LogP contribution is -2.34. The van der Waals surface area contributed by atoms with Gasteiger partial charge in [-0.15, -0.1) is 12.4 Å². The van der Waals surface area contributed by atoms with E-state index in [2.05, 4.69) is 15.3 Å². The zero-order chi connectivity index (χ0) is 19.0. The Morgan fingerprint density at radius 2 is 1.75 bits per heavy atom. The van der Waals surface area contributed by atoms with Crippen molar-refractivity contribution in [2.24, 2.45) is 11.8 Å². The lowest BCUT2D eigenvalue weighted by Gasteiger charge is -2.21. The largest absolute Gasteiger partial charge is 0.342 e. The first kappa shape index (κ1) is 21.2. The maximum Gasteiger partial charge on any atom is 0.227 e. The fourth-order valence-corrected chi connectivity index (χ4v) is 4.62. The molecule has 28 heavy (non-hydrogen) atoms. The van der Waals surface area contributed by atoms with Crippen molar-refractivity contribution >= 4 is 29.9 Å². The fourth-order valence-electron chi connectivity index (χ4n) is 4.50. The summed E-state index contributed by atoms with van der Waals surface area (Å²) in [5, 5.41) is 8.86. The summed E-state index contributed by atoms with van der Waals surface area (Å²) in [5.41, 5.74) is 3.96. The molecule has 152 valence electrons. The zero-order valence-corrected chi connectivity index (χ0v) is 18.0. The minimum Gasteiger partial charge on any atom is -0.342 e. The Morgan fingerprint density at radius 1 is 1.14 bits per heavy atom. The van der Waals surface area contributed by atoms with Crippen LogP contribution in [0, 0.1) is 25.7 Å². The van der Waals surface area contributed by atoms with Crippen molar-refractivity contribution in [3.8, 4) is 5.69 Å². The van der Waals surface area contributed by atoms with Gasteiger partial charge in [0.15, 0.2) is 0 Å². The molecule has 1 N–H and O–H groups in total. The Morgan fingerprint density at radius 3 is 2.36 bits per heavy atom. The SMILES string of the molecule is Cc1nn(-c2ccc(Cl)cc2)c(C)c1CC(=O)N1CC[C@@H]2CNC[C@@H]2CC1.Cl. The van der Waals surface area contributed by atoms with Crippen molar-refractivity contribution in [1.29, 1.82) is 0 Å². The molecule has 0 saturated carbocycles. The number of rotatable bonds is 3. The average Bonchev–Trinajstić information content (AvgIpc) is 3.15. The molecule has 1 aromatic carbocycles. The minimum atomic E-state index is 0. The minimum absolute atomic E-state index is 0. The summed E-state index contributed by atoms with van der Waals surface area (Å²) < 4.78 is 1.91. The van der Waals surface area contributed by atoms with Gasteiger partial charge in [0.05, 0.1) is 17.8 Å². The maximum absolute atomic E-state index is 13.0. The Hall–Kier alpha value is -1.56. The molecular formula is C21H28Cl2N4O. The first-order valence-electron chi connectivity index (χ1n) is 9.82. The van der Waals surface area contributed by atoms with E-state index in [4.69, 9.17) is 11.6 Å². The van der Waals surface area contributed by atoms with Gasteiger partial charge in [-0.1, -0.05) is 11.6 Å². The number of carbonyl (C=O) groups excluding carboxylic acids is 1. The van der Waals surface area contributed by atoms with Gasteiger partial charge in [0.25, 0.3) is 0 Å². The molecule has 0 radical (unpaired) electrons. The van der Waals surface area contributed by atoms with Crippen LogP contribution in [0.15, 0.2) is 24.3 Å². The Kier molecular flexibility index (Phi) is 6.69. The Labute approximate surface area is 177 Å². The highest BCUT2D eigenvalue weighted by Gasteiger charge is 2.31. The van der Waals surface area contributed by atoms with Crippen molar-refractivity contribution in [3.05, 3.63) is 46.2 Å². The van der Waals surface area contributed by atoms with E-state index in [1.165, 1.54) is 0 Å². The molecule has 1 amide bonds. The molecule has 1 aromatic heterocycles. The molecule has 2 fully saturated rings. The zero-order valence-electron chi connectivity index (χ0n) is 16.4. The van der Waals surface area contributed by atoms with Gasteiger partial charge < -0.3 is 10.2 Å². The van der Waals surface area contributed by atoms with Crippen LogP contribution in [0.1, 0.15) is 29.8 Å². The van der Waals surface area contributed by atoms with Crippen molar-refractivity contribution in [2.75, 3.05) is 26.2 Å². The van der Waals surface area contributed by atoms with Crippen LogP contribution in [0.5, 0.6) is 0 Å². The molecule has 2 aliphatic rings. The number of nitrogens with one attached hydrogen (secondary N) is 1. The third kappa shape index (κ3) is 4.22. The third-order valence-electron chi connectivity index (χ3n) is 6.21. The number of nitrogens with zero attached hydrogens (tertiary/aromatic N) is 3. The third-order valence-corrected chi connectivity index (χ3v) is 6.46. The van der Waals surface area contributed by atoms with E-state index in [1.807, 2.05) is 42.8 Å². The second-order valence-electron chi connectivity index (χ2n) is 7.85. The smallest absolute Gasteiger partial charge is 0.227 e. The van der Waals surface area contributed by atoms with Gasteiger partial charge in [0.2, 0.25) is 5.91 Å². The van der Waals surface area contributed by atoms with Gasteiger partial charge in [-0.3, -0.25) is 4.79 Å². The van der Waals surface area contributed by atoms with E-state index in [1.54, 1.807) is 0 Å². The molecule has 3 heterocycles. The first-order chi connectivity index (χ1) is 13.0. The van der Waals surface area contributed by atoms with Gasteiger partial charge in [-0.25, -0.2) is 4.68 Å². The maximum atomic E-state index is 13.0. The lowest BCUT2D eigenvalue weighted by molar-refractivity contribution is -0.130. The van der Waals surface area contributed by atoms with E-state index < -0.39 is 0 Å². The number of hydrogen-bond donors (Lipinski definition) is 1. The summed E-state index contributed by atoms with van der Waals surface area (Å²) >= 11 is 5.99. The number of carbonyl (C=O) groups is 1. The molecule has 2 atom stereocenters. The monoisotopic (exact) mass is 422 g/mol. The molecule has 2 aliphatic heterocycles. The second kappa shape index (κ2) is 8.85. The molecule has 5 nitrogen and oxygen atoms in total. The Bertz CT molecular complexity index is 820. The number of likely N-dealkylation sites (tertiary alicyclic amines) is 1. The van der Waals surface area contributed by atoms with Gasteiger partial charge in [0.1, 0.15) is 0 Å². The average molecular weight is 423 g/mol. The number of amides is 1. The molecule has 2 aromatic rings. The highest BCUT2D eigenvalue weighted by molar-refractivity contribution is 6.30. The number of halogens is 2. The predicted octanol–water partition coefficient (Wildman–Crippen LogP) is 3.56. The van der Waals surface area contributed by atoms with Crippen molar-refractivity contribution in [1.82, 2.24) is 20.0 Å². The highest BCUT2D eigenvalue weighted by atomic mass is 35.5. The van der Waals surface area contributed by atoms with Gasteiger partial charge >= 0.3 is 0 Å². The van der Waals surface area contributed by atoms with Crippen LogP contribution in [0.2, 0.25) is 5.02 Å². The van der Waals surface area contributed by atoms with Crippen molar-refractivity contribution in [3.63, 3.8) is 0 Å². The van der Waals surface area contributed by atoms with E-state index >= 15 is 0 Å². The van der Waals surface area contributed by atoms with Crippen LogP contribution in [0.25, 0.3) is 5.69 Å². The van der Waals surface area contributed by atoms with Gasteiger partial charge in [0, 0.05) is 29.4 Å². The number of aryl methyl sites for hydroxylation is 1. The molecule has 0 unspecified atom stereocenters. The lowest BCUT2D eigenvalue weighted by atomic mass is 9.92. The Balaban J connectivity index is 0.00000225. The highest BCUT2D eigenvalue weighted by Crippen LogP contribution is 2.28. The predicted molar refractivity (Wildman–Crippen MR) is 115 cm³/mol. The number of hydrogen-bond acceptors (Lipinski definition) is 3. The standard InChI is InChI=1S/C21H27ClN4O.ClH/c1-14-20(15(2)26(24-14)19-5-3-18(22)4-6-19)11-21(27)25-9-7-16-12-23-13-17(16)8-10-25;/h3-6,16-17,23H,7-13H2,1-2H3;1H/t16-,17+;. The van der Waals surface area contributed by atoms with E-state index in [0.29, 0.717) is 11.4 Å². The summed E-state index contributed by atoms with van der Waals surface area (Å²) in [6.07, 6.45) is 2.66. The summed E-state index contributed by atoms with van der Waals surface area (Å²) in [7, 11) is 0. The molecule has 4 rings (SSSR count). The summed E-state index contributed by atoms with van der Waals surface area (Å²) in [4.78, 5) is 15.1. The van der Waals surface area contributed by atoms with E-state index in [-0.39, 0.29) is 18.3 Å². The van der Waals surface area contributed by atoms with Crippen LogP contribution in [0.4, 0.5) is 0 Å². The molecule has 7 heteroatoms. The molecule has 0 spiro atoms. The summed E-state index contributed by atoms with van der Waals surface area (Å²) in [6, 6.07) is 7.63. The molecule has 0 bridgehead atoms. The number of benzene rings is 1. The van der Waals surface area contributed by atoms with Gasteiger partial charge in [-0.05, 0) is 75.9 Å². The van der Waals surface area contributed by atoms with E-state index in [0.717, 1.165) is 73.5 Å². The van der Waals surface area contributed by atoms with E-state index in [9.17, 15) is 4.79 Å². The first-order valence-corrected chi connectivity index (χ1v) is 10.2. The van der Waals surface area contributed by atoms with Crippen LogP contribution in [0.3, 0.4) is 0 Å². The molecule has 0 aliphatic carbocycles. The molecule has 2 saturated heterocycles. The van der Waals surface area contributed by atoms with Crippen LogP contribution in [-0.4, -0.2) is 46.8 Å². The van der Waals surface area contributed by atoms with Crippen molar-refractivity contribution in [2.45, 2.75) is 33.1 Å². The summed E-state index contributed by atoms with van der Waals surface area (Å²) in [6.45, 7) is 8.00. The van der Waals surface area contributed by atoms with Crippen LogP contribution in [-0.2, 0) is 11.2 Å². The van der Waals surface area contributed by atoms with Crippen LogP contribution >= 0.6 is 24.0 Å². The normalized spacial score (nSPS) is 21.8. The molecular weight excluding hydrogens is 395 g/mol. The van der Waals surface area contributed by atoms with Crippen LogP contribution < -0.4 is 5.32 Å². The fraction of sp³-hybridized carbons (Fsp3) is 0.524. The summed E-state index contributed by atoms with van der Waals surface area (Å²) in [5.74, 6) is 1.70. The van der Waals surface area contributed by atoms with Crippen molar-refractivity contribution < 1.29 is 4.79 Å².